The van der Waals surface area contributed by atoms with Crippen LogP contribution in [-0.2, 0) is 4.79 Å². The molecule has 92 valence electrons. The number of hydrogen-bond acceptors (Lipinski definition) is 3. The van der Waals surface area contributed by atoms with Crippen molar-refractivity contribution in [3.63, 3.8) is 0 Å². The lowest BCUT2D eigenvalue weighted by Crippen LogP contribution is -2.33. The number of hydrogen-bond donors (Lipinski definition) is 1. The van der Waals surface area contributed by atoms with Crippen molar-refractivity contribution in [1.29, 1.82) is 0 Å². The monoisotopic (exact) mass is 233 g/mol. The number of aliphatic hydroxyl groups excluding tert-OH is 1. The molecule has 0 aliphatic carbocycles. The van der Waals surface area contributed by atoms with Crippen LogP contribution in [0.25, 0.3) is 0 Å². The zero-order valence-corrected chi connectivity index (χ0v) is 10.2. The van der Waals surface area contributed by atoms with Crippen LogP contribution in [0, 0.1) is 0 Å². The van der Waals surface area contributed by atoms with Gasteiger partial charge < -0.3 is 10.0 Å². The van der Waals surface area contributed by atoms with Crippen LogP contribution in [0.4, 0.5) is 5.69 Å². The molecule has 1 aromatic carbocycles. The van der Waals surface area contributed by atoms with Gasteiger partial charge in [0, 0.05) is 44.1 Å². The second kappa shape index (κ2) is 5.32. The lowest BCUT2D eigenvalue weighted by Gasteiger charge is -2.28. The molecule has 17 heavy (non-hydrogen) atoms. The number of aliphatic hydroxyl groups is 1. The van der Waals surface area contributed by atoms with Gasteiger partial charge in [-0.05, 0) is 17.7 Å². The molecule has 0 radical (unpaired) electrons. The Hall–Kier alpha value is -1.35. The number of anilines is 1. The summed E-state index contributed by atoms with van der Waals surface area (Å²) >= 11 is 0. The van der Waals surface area contributed by atoms with E-state index in [-0.39, 0.29) is 12.5 Å². The summed E-state index contributed by atoms with van der Waals surface area (Å²) in [6.07, 6.45) is 1.31. The van der Waals surface area contributed by atoms with Crippen molar-refractivity contribution in [2.75, 3.05) is 24.6 Å². The zero-order chi connectivity index (χ0) is 12.3. The smallest absolute Gasteiger partial charge is 0.136 e. The second-order valence-corrected chi connectivity index (χ2v) is 4.70. The fourth-order valence-corrected chi connectivity index (χ4v) is 2.15. The van der Waals surface area contributed by atoms with Crippen LogP contribution >= 0.6 is 0 Å². The number of benzene rings is 1. The Labute approximate surface area is 102 Å². The Bertz CT molecular complexity index is 393. The van der Waals surface area contributed by atoms with Crippen LogP contribution in [0.5, 0.6) is 0 Å². The highest BCUT2D eigenvalue weighted by atomic mass is 16.3. The average molecular weight is 233 g/mol. The van der Waals surface area contributed by atoms with Gasteiger partial charge in [0.2, 0.25) is 0 Å². The van der Waals surface area contributed by atoms with Crippen molar-refractivity contribution in [2.24, 2.45) is 0 Å². The highest BCUT2D eigenvalue weighted by Crippen LogP contribution is 2.23. The summed E-state index contributed by atoms with van der Waals surface area (Å²) in [5, 5.41) is 9.17. The predicted molar refractivity (Wildman–Crippen MR) is 68.4 cm³/mol. The van der Waals surface area contributed by atoms with Crippen molar-refractivity contribution in [2.45, 2.75) is 25.7 Å². The number of rotatable bonds is 3. The van der Waals surface area contributed by atoms with E-state index in [9.17, 15) is 4.79 Å². The van der Waals surface area contributed by atoms with Gasteiger partial charge >= 0.3 is 0 Å². The fraction of sp³-hybridized carbons (Fsp3) is 0.500. The largest absolute Gasteiger partial charge is 0.396 e. The van der Waals surface area contributed by atoms with Crippen molar-refractivity contribution in [1.82, 2.24) is 0 Å². The summed E-state index contributed by atoms with van der Waals surface area (Å²) < 4.78 is 0. The summed E-state index contributed by atoms with van der Waals surface area (Å²) in [7, 11) is 0. The van der Waals surface area contributed by atoms with Crippen molar-refractivity contribution in [3.8, 4) is 0 Å². The van der Waals surface area contributed by atoms with Crippen LogP contribution in [0.15, 0.2) is 24.3 Å². The lowest BCUT2D eigenvalue weighted by molar-refractivity contribution is -0.119. The fourth-order valence-electron chi connectivity index (χ4n) is 2.15. The molecule has 0 spiro atoms. The maximum absolute atomic E-state index is 11.2. The van der Waals surface area contributed by atoms with Crippen molar-refractivity contribution >= 4 is 11.5 Å². The molecule has 0 aromatic heterocycles. The molecule has 2 rings (SSSR count). The van der Waals surface area contributed by atoms with Gasteiger partial charge in [0.25, 0.3) is 0 Å². The Morgan fingerprint density at radius 3 is 2.71 bits per heavy atom. The Morgan fingerprint density at radius 1 is 1.35 bits per heavy atom. The van der Waals surface area contributed by atoms with E-state index in [0.717, 1.165) is 24.3 Å². The summed E-state index contributed by atoms with van der Waals surface area (Å²) in [5.74, 6) is 0.530. The number of nitrogens with zero attached hydrogens (tertiary/aromatic N) is 1. The summed E-state index contributed by atoms with van der Waals surface area (Å²) in [5.41, 5.74) is 2.32. The third-order valence-electron chi connectivity index (χ3n) is 3.40. The van der Waals surface area contributed by atoms with Crippen molar-refractivity contribution in [3.05, 3.63) is 29.8 Å². The normalized spacial score (nSPS) is 18.2. The van der Waals surface area contributed by atoms with E-state index in [0.29, 0.717) is 18.6 Å². The number of ketones is 1. The molecular formula is C14H19NO2. The first-order chi connectivity index (χ1) is 8.20. The van der Waals surface area contributed by atoms with Crippen molar-refractivity contribution < 1.29 is 9.90 Å². The number of Topliss-reactive ketones (excluding diaryl/α,β-unsaturated/α-hetero) is 1. The maximum Gasteiger partial charge on any atom is 0.136 e. The Morgan fingerprint density at radius 2 is 2.06 bits per heavy atom. The SMILES string of the molecule is CC(CO)c1cccc(N2CCC(=O)CC2)c1. The van der Waals surface area contributed by atoms with E-state index in [4.69, 9.17) is 5.11 Å². The van der Waals surface area contributed by atoms with E-state index in [1.54, 1.807) is 0 Å². The lowest BCUT2D eigenvalue weighted by atomic mass is 10.0. The van der Waals surface area contributed by atoms with Crippen LogP contribution in [-0.4, -0.2) is 30.6 Å². The maximum atomic E-state index is 11.2. The van der Waals surface area contributed by atoms with Gasteiger partial charge in [-0.3, -0.25) is 4.79 Å². The Balaban J connectivity index is 2.13. The molecule has 1 N–H and O–H groups in total. The van der Waals surface area contributed by atoms with Gasteiger partial charge in [0.15, 0.2) is 0 Å². The first-order valence-electron chi connectivity index (χ1n) is 6.18. The molecule has 0 saturated carbocycles. The minimum absolute atomic E-state index is 0.168. The number of piperidine rings is 1. The zero-order valence-electron chi connectivity index (χ0n) is 10.2. The first kappa shape index (κ1) is 12.1. The highest BCUT2D eigenvalue weighted by molar-refractivity contribution is 5.81. The Kier molecular flexibility index (Phi) is 3.79. The minimum Gasteiger partial charge on any atom is -0.396 e. The molecular weight excluding hydrogens is 214 g/mol. The topological polar surface area (TPSA) is 40.5 Å². The van der Waals surface area contributed by atoms with Crippen LogP contribution in [0.3, 0.4) is 0 Å². The predicted octanol–water partition coefficient (Wildman–Crippen LogP) is 1.95. The third kappa shape index (κ3) is 2.86. The molecule has 1 aliphatic rings. The molecule has 0 bridgehead atoms. The van der Waals surface area contributed by atoms with E-state index < -0.39 is 0 Å². The van der Waals surface area contributed by atoms with E-state index in [2.05, 4.69) is 17.0 Å². The van der Waals surface area contributed by atoms with Crippen LogP contribution < -0.4 is 4.90 Å². The second-order valence-electron chi connectivity index (χ2n) is 4.70. The molecule has 1 aromatic rings. The molecule has 1 heterocycles. The quantitative estimate of drug-likeness (QED) is 0.867. The molecule has 1 aliphatic heterocycles. The van der Waals surface area contributed by atoms with Gasteiger partial charge in [-0.15, -0.1) is 0 Å². The van der Waals surface area contributed by atoms with Crippen LogP contribution in [0.1, 0.15) is 31.2 Å². The first-order valence-corrected chi connectivity index (χ1v) is 6.18. The molecule has 1 unspecified atom stereocenters. The van der Waals surface area contributed by atoms with E-state index >= 15 is 0 Å². The van der Waals surface area contributed by atoms with E-state index in [1.165, 1.54) is 0 Å². The number of carbonyl (C=O) groups excluding carboxylic acids is 1. The number of carbonyl (C=O) groups is 1. The van der Waals surface area contributed by atoms with Crippen LogP contribution in [0.2, 0.25) is 0 Å². The van der Waals surface area contributed by atoms with Gasteiger partial charge in [0.05, 0.1) is 0 Å². The van der Waals surface area contributed by atoms with Gasteiger partial charge in [-0.25, -0.2) is 0 Å². The molecule has 1 fully saturated rings. The minimum atomic E-state index is 0.168. The summed E-state index contributed by atoms with van der Waals surface area (Å²) in [6.45, 7) is 3.81. The van der Waals surface area contributed by atoms with Gasteiger partial charge in [-0.1, -0.05) is 19.1 Å². The molecule has 1 saturated heterocycles. The standard InChI is InChI=1S/C14H19NO2/c1-11(10-16)12-3-2-4-13(9-12)15-7-5-14(17)6-8-15/h2-4,9,11,16H,5-8,10H2,1H3. The summed E-state index contributed by atoms with van der Waals surface area (Å²) in [6, 6.07) is 8.26. The average Bonchev–Trinajstić information content (AvgIpc) is 2.39. The highest BCUT2D eigenvalue weighted by Gasteiger charge is 2.17. The third-order valence-corrected chi connectivity index (χ3v) is 3.40. The van der Waals surface area contributed by atoms with Gasteiger partial charge in [-0.2, -0.15) is 0 Å². The molecule has 0 amide bonds. The summed E-state index contributed by atoms with van der Waals surface area (Å²) in [4.78, 5) is 13.4. The van der Waals surface area contributed by atoms with Gasteiger partial charge in [0.1, 0.15) is 5.78 Å². The molecule has 3 heteroatoms. The van der Waals surface area contributed by atoms with E-state index in [1.807, 2.05) is 19.1 Å². The molecule has 1 atom stereocenters. The molecule has 3 nitrogen and oxygen atoms in total.